The number of rotatable bonds is 9. The van der Waals surface area contributed by atoms with Crippen molar-refractivity contribution in [1.29, 1.82) is 0 Å². The Morgan fingerprint density at radius 3 is 2.64 bits per heavy atom. The van der Waals surface area contributed by atoms with Crippen LogP contribution in [-0.4, -0.2) is 24.5 Å². The molecule has 3 aromatic rings. The normalized spacial score (nSPS) is 10.8. The van der Waals surface area contributed by atoms with Gasteiger partial charge in [0.1, 0.15) is 5.75 Å². The first kappa shape index (κ1) is 19.7. The topological polar surface area (TPSA) is 71.2 Å². The lowest BCUT2D eigenvalue weighted by Gasteiger charge is -2.07. The molecule has 0 aliphatic heterocycles. The number of carbonyl (C=O) groups excluding carboxylic acids is 1. The molecule has 0 bridgehead atoms. The van der Waals surface area contributed by atoms with Crippen molar-refractivity contribution < 1.29 is 9.53 Å². The molecule has 0 aliphatic carbocycles. The Labute approximate surface area is 164 Å². The van der Waals surface area contributed by atoms with Crippen molar-refractivity contribution in [2.45, 2.75) is 32.1 Å². The van der Waals surface area contributed by atoms with E-state index in [0.29, 0.717) is 30.7 Å². The summed E-state index contributed by atoms with van der Waals surface area (Å²) in [6.45, 7) is 0.461. The summed E-state index contributed by atoms with van der Waals surface area (Å²) in [4.78, 5) is 27.1. The van der Waals surface area contributed by atoms with Crippen LogP contribution >= 0.6 is 0 Å². The van der Waals surface area contributed by atoms with Crippen molar-refractivity contribution in [3.05, 3.63) is 76.1 Å². The van der Waals surface area contributed by atoms with Gasteiger partial charge in [0.2, 0.25) is 5.91 Å². The maximum Gasteiger partial charge on any atom is 0.251 e. The molecule has 1 heterocycles. The predicted octanol–water partition coefficient (Wildman–Crippen LogP) is 3.61. The number of benzene rings is 2. The number of carbonyl (C=O) groups is 1. The molecule has 0 aliphatic rings. The number of unbranched alkanes of at least 4 members (excludes halogenated alkanes) is 1. The molecule has 1 amide bonds. The third-order valence-electron chi connectivity index (χ3n) is 4.81. The number of H-pyrrole nitrogens is 1. The maximum absolute atomic E-state index is 12.2. The lowest BCUT2D eigenvalue weighted by atomic mass is 10.1. The molecular weight excluding hydrogens is 352 g/mol. The molecule has 3 rings (SSSR count). The number of nitrogens with one attached hydrogen (secondary N) is 2. The average molecular weight is 378 g/mol. The van der Waals surface area contributed by atoms with Crippen LogP contribution in [0.2, 0.25) is 0 Å². The fourth-order valence-corrected chi connectivity index (χ4v) is 3.22. The predicted molar refractivity (Wildman–Crippen MR) is 112 cm³/mol. The number of fused-ring (bicyclic) bond motifs is 1. The SMILES string of the molecule is COc1ccc2cc(CCNC(=O)CCCCc3ccccc3)c(=O)[nH]c2c1. The van der Waals surface area contributed by atoms with Crippen molar-refractivity contribution >= 4 is 16.8 Å². The monoisotopic (exact) mass is 378 g/mol. The van der Waals surface area contributed by atoms with E-state index < -0.39 is 0 Å². The second-order valence-electron chi connectivity index (χ2n) is 6.87. The molecule has 2 N–H and O–H groups in total. The third-order valence-corrected chi connectivity index (χ3v) is 4.81. The van der Waals surface area contributed by atoms with E-state index in [9.17, 15) is 9.59 Å². The Morgan fingerprint density at radius 2 is 1.86 bits per heavy atom. The number of hydrogen-bond acceptors (Lipinski definition) is 3. The number of ether oxygens (including phenoxy) is 1. The number of hydrogen-bond donors (Lipinski definition) is 2. The minimum Gasteiger partial charge on any atom is -0.497 e. The van der Waals surface area contributed by atoms with Gasteiger partial charge in [-0.05, 0) is 54.8 Å². The summed E-state index contributed by atoms with van der Waals surface area (Å²) < 4.78 is 5.18. The van der Waals surface area contributed by atoms with Crippen LogP contribution in [0.15, 0.2) is 59.4 Å². The average Bonchev–Trinajstić information content (AvgIpc) is 2.72. The van der Waals surface area contributed by atoms with Gasteiger partial charge in [-0.3, -0.25) is 9.59 Å². The van der Waals surface area contributed by atoms with Crippen LogP contribution in [0.5, 0.6) is 5.75 Å². The van der Waals surface area contributed by atoms with Crippen molar-refractivity contribution in [2.24, 2.45) is 0 Å². The van der Waals surface area contributed by atoms with Gasteiger partial charge in [0.05, 0.1) is 12.6 Å². The number of aromatic amines is 1. The highest BCUT2D eigenvalue weighted by atomic mass is 16.5. The van der Waals surface area contributed by atoms with Crippen LogP contribution in [0.3, 0.4) is 0 Å². The first-order valence-electron chi connectivity index (χ1n) is 9.66. The van der Waals surface area contributed by atoms with E-state index in [4.69, 9.17) is 4.74 Å². The van der Waals surface area contributed by atoms with Crippen molar-refractivity contribution in [2.75, 3.05) is 13.7 Å². The Hall–Kier alpha value is -3.08. The van der Waals surface area contributed by atoms with Crippen LogP contribution in [0.1, 0.15) is 30.4 Å². The molecule has 0 saturated carbocycles. The standard InChI is InChI=1S/C23H26N2O3/c1-28-20-12-11-18-15-19(23(27)25-21(18)16-20)13-14-24-22(26)10-6-5-9-17-7-3-2-4-8-17/h2-4,7-8,11-12,15-16H,5-6,9-10,13-14H2,1H3,(H,24,26)(H,25,27). The van der Waals surface area contributed by atoms with Crippen LogP contribution in [0.25, 0.3) is 10.9 Å². The van der Waals surface area contributed by atoms with Gasteiger partial charge in [-0.1, -0.05) is 30.3 Å². The molecule has 5 heteroatoms. The van der Waals surface area contributed by atoms with Gasteiger partial charge in [0.15, 0.2) is 0 Å². The highest BCUT2D eigenvalue weighted by Gasteiger charge is 2.06. The van der Waals surface area contributed by atoms with Gasteiger partial charge in [0, 0.05) is 24.6 Å². The zero-order valence-corrected chi connectivity index (χ0v) is 16.2. The summed E-state index contributed by atoms with van der Waals surface area (Å²) in [5, 5.41) is 3.86. The number of methoxy groups -OCH3 is 1. The van der Waals surface area contributed by atoms with Gasteiger partial charge in [-0.2, -0.15) is 0 Å². The lowest BCUT2D eigenvalue weighted by molar-refractivity contribution is -0.121. The molecule has 5 nitrogen and oxygen atoms in total. The van der Waals surface area contributed by atoms with Crippen LogP contribution in [0, 0.1) is 0 Å². The Kier molecular flexibility index (Phi) is 6.84. The molecule has 2 aromatic carbocycles. The van der Waals surface area contributed by atoms with Crippen molar-refractivity contribution in [1.82, 2.24) is 10.3 Å². The largest absolute Gasteiger partial charge is 0.497 e. The van der Waals surface area contributed by atoms with E-state index in [1.807, 2.05) is 36.4 Å². The molecule has 0 radical (unpaired) electrons. The number of amides is 1. The molecule has 0 saturated heterocycles. The lowest BCUT2D eigenvalue weighted by Crippen LogP contribution is -2.27. The summed E-state index contributed by atoms with van der Waals surface area (Å²) in [6.07, 6.45) is 3.86. The van der Waals surface area contributed by atoms with E-state index in [0.717, 1.165) is 30.2 Å². The van der Waals surface area contributed by atoms with E-state index in [1.54, 1.807) is 13.2 Å². The summed E-state index contributed by atoms with van der Waals surface area (Å²) in [7, 11) is 1.60. The fourth-order valence-electron chi connectivity index (χ4n) is 3.22. The second kappa shape index (κ2) is 9.74. The fraction of sp³-hybridized carbons (Fsp3) is 0.304. The highest BCUT2D eigenvalue weighted by Crippen LogP contribution is 2.18. The quantitative estimate of drug-likeness (QED) is 0.559. The van der Waals surface area contributed by atoms with Gasteiger partial charge in [0.25, 0.3) is 5.56 Å². The van der Waals surface area contributed by atoms with Crippen LogP contribution in [-0.2, 0) is 17.6 Å². The molecule has 146 valence electrons. The smallest absolute Gasteiger partial charge is 0.251 e. The minimum absolute atomic E-state index is 0.0371. The van der Waals surface area contributed by atoms with Gasteiger partial charge in [-0.25, -0.2) is 0 Å². The molecule has 0 atom stereocenters. The molecule has 0 unspecified atom stereocenters. The molecule has 28 heavy (non-hydrogen) atoms. The molecule has 0 fully saturated rings. The van der Waals surface area contributed by atoms with Crippen LogP contribution < -0.4 is 15.6 Å². The first-order valence-corrected chi connectivity index (χ1v) is 9.66. The Morgan fingerprint density at radius 1 is 1.04 bits per heavy atom. The minimum atomic E-state index is -0.127. The number of aryl methyl sites for hydroxylation is 1. The van der Waals surface area contributed by atoms with E-state index in [1.165, 1.54) is 5.56 Å². The summed E-state index contributed by atoms with van der Waals surface area (Å²) >= 11 is 0. The van der Waals surface area contributed by atoms with E-state index in [-0.39, 0.29) is 11.5 Å². The Balaban J connectivity index is 1.43. The number of pyridine rings is 1. The van der Waals surface area contributed by atoms with Gasteiger partial charge in [-0.15, -0.1) is 0 Å². The summed E-state index contributed by atoms with van der Waals surface area (Å²) in [5.41, 5.74) is 2.59. The zero-order valence-electron chi connectivity index (χ0n) is 16.2. The van der Waals surface area contributed by atoms with Gasteiger partial charge < -0.3 is 15.0 Å². The summed E-state index contributed by atoms with van der Waals surface area (Å²) in [5.74, 6) is 0.741. The van der Waals surface area contributed by atoms with E-state index >= 15 is 0 Å². The molecule has 0 spiro atoms. The van der Waals surface area contributed by atoms with E-state index in [2.05, 4.69) is 22.4 Å². The third kappa shape index (κ3) is 5.46. The summed E-state index contributed by atoms with van der Waals surface area (Å²) in [6, 6.07) is 17.8. The second-order valence-corrected chi connectivity index (χ2v) is 6.87. The van der Waals surface area contributed by atoms with Crippen molar-refractivity contribution in [3.63, 3.8) is 0 Å². The first-order chi connectivity index (χ1) is 13.7. The van der Waals surface area contributed by atoms with Gasteiger partial charge >= 0.3 is 0 Å². The zero-order chi connectivity index (χ0) is 19.8. The molecule has 1 aromatic heterocycles. The maximum atomic E-state index is 12.2. The molecular formula is C23H26N2O3. The highest BCUT2D eigenvalue weighted by molar-refractivity contribution is 5.80. The van der Waals surface area contributed by atoms with Crippen LogP contribution in [0.4, 0.5) is 0 Å². The Bertz CT molecular complexity index is 980. The number of aromatic nitrogens is 1. The van der Waals surface area contributed by atoms with Crippen molar-refractivity contribution in [3.8, 4) is 5.75 Å².